The molecular weight excluding hydrogens is 288 g/mol. The van der Waals surface area contributed by atoms with Crippen molar-refractivity contribution >= 4 is 23.1 Å². The molecular formula is C14H16N4O4. The Balaban J connectivity index is 1.81. The normalized spacial score (nSPS) is 23.8. The number of carbonyl (C=O) groups is 2. The highest BCUT2D eigenvalue weighted by Crippen LogP contribution is 2.41. The summed E-state index contributed by atoms with van der Waals surface area (Å²) in [5.41, 5.74) is 1.38. The number of rotatable bonds is 4. The molecule has 0 amide bonds. The molecule has 0 spiro atoms. The molecule has 1 saturated carbocycles. The van der Waals surface area contributed by atoms with Crippen LogP contribution in [0, 0.1) is 5.92 Å². The van der Waals surface area contributed by atoms with Gasteiger partial charge in [-0.15, -0.1) is 0 Å². The summed E-state index contributed by atoms with van der Waals surface area (Å²) >= 11 is 0. The summed E-state index contributed by atoms with van der Waals surface area (Å²) in [5.74, 6) is -0.718. The molecule has 1 fully saturated rings. The minimum absolute atomic E-state index is 0.0166. The first-order chi connectivity index (χ1) is 10.6. The van der Waals surface area contributed by atoms with E-state index in [1.165, 1.54) is 20.2 Å². The topological polar surface area (TPSA) is 96.2 Å². The average Bonchev–Trinajstić information content (AvgIpc) is 2.87. The first-order valence-corrected chi connectivity index (χ1v) is 6.99. The number of hydrogen-bond donors (Lipinski definition) is 0. The quantitative estimate of drug-likeness (QED) is 0.773. The summed E-state index contributed by atoms with van der Waals surface area (Å²) in [6.07, 6.45) is 5.12. The molecule has 0 unspecified atom stereocenters. The van der Waals surface area contributed by atoms with Gasteiger partial charge in [-0.05, 0) is 6.42 Å². The van der Waals surface area contributed by atoms with E-state index in [0.717, 1.165) is 6.42 Å². The van der Waals surface area contributed by atoms with E-state index >= 15 is 0 Å². The van der Waals surface area contributed by atoms with Crippen molar-refractivity contribution in [2.75, 3.05) is 6.61 Å². The van der Waals surface area contributed by atoms with Crippen molar-refractivity contribution in [1.29, 1.82) is 0 Å². The highest BCUT2D eigenvalue weighted by Gasteiger charge is 2.46. The van der Waals surface area contributed by atoms with Gasteiger partial charge >= 0.3 is 11.9 Å². The molecule has 8 nitrogen and oxygen atoms in total. The van der Waals surface area contributed by atoms with Gasteiger partial charge in [-0.3, -0.25) is 9.59 Å². The van der Waals surface area contributed by atoms with Gasteiger partial charge in [0.25, 0.3) is 0 Å². The zero-order valence-corrected chi connectivity index (χ0v) is 12.3. The summed E-state index contributed by atoms with van der Waals surface area (Å²) in [4.78, 5) is 34.7. The third-order valence-electron chi connectivity index (χ3n) is 3.79. The van der Waals surface area contributed by atoms with Crippen LogP contribution in [-0.2, 0) is 19.1 Å². The lowest BCUT2D eigenvalue weighted by Gasteiger charge is -2.43. The lowest BCUT2D eigenvalue weighted by Crippen LogP contribution is -2.48. The Labute approximate surface area is 126 Å². The molecule has 0 aliphatic heterocycles. The largest absolute Gasteiger partial charge is 0.465 e. The maximum atomic E-state index is 11.3. The van der Waals surface area contributed by atoms with Crippen LogP contribution in [0.5, 0.6) is 0 Å². The van der Waals surface area contributed by atoms with Crippen LogP contribution in [0.4, 0.5) is 0 Å². The second kappa shape index (κ2) is 5.70. The van der Waals surface area contributed by atoms with Crippen molar-refractivity contribution < 1.29 is 19.1 Å². The average molecular weight is 304 g/mol. The Bertz CT molecular complexity index is 714. The molecule has 2 aromatic heterocycles. The molecule has 2 heterocycles. The summed E-state index contributed by atoms with van der Waals surface area (Å²) < 4.78 is 12.3. The predicted octanol–water partition coefficient (Wildman–Crippen LogP) is 0.882. The van der Waals surface area contributed by atoms with Crippen molar-refractivity contribution in [2.24, 2.45) is 5.92 Å². The van der Waals surface area contributed by atoms with E-state index in [2.05, 4.69) is 15.0 Å². The summed E-state index contributed by atoms with van der Waals surface area (Å²) in [5, 5.41) is 0. The fourth-order valence-corrected chi connectivity index (χ4v) is 2.75. The van der Waals surface area contributed by atoms with Gasteiger partial charge in [-0.25, -0.2) is 15.0 Å². The van der Waals surface area contributed by atoms with Gasteiger partial charge in [0.1, 0.15) is 17.9 Å². The lowest BCUT2D eigenvalue weighted by atomic mass is 9.77. The van der Waals surface area contributed by atoms with E-state index in [1.54, 1.807) is 12.5 Å². The third-order valence-corrected chi connectivity index (χ3v) is 3.79. The van der Waals surface area contributed by atoms with Gasteiger partial charge in [0.2, 0.25) is 0 Å². The smallest absolute Gasteiger partial charge is 0.302 e. The molecule has 8 heteroatoms. The molecule has 0 bridgehead atoms. The van der Waals surface area contributed by atoms with E-state index in [1.807, 2.05) is 4.57 Å². The van der Waals surface area contributed by atoms with Crippen LogP contribution in [0.1, 0.15) is 26.3 Å². The van der Waals surface area contributed by atoms with Gasteiger partial charge in [0.15, 0.2) is 5.65 Å². The Morgan fingerprint density at radius 1 is 1.32 bits per heavy atom. The van der Waals surface area contributed by atoms with Crippen LogP contribution in [0.15, 0.2) is 18.9 Å². The van der Waals surface area contributed by atoms with Gasteiger partial charge in [-0.2, -0.15) is 0 Å². The first kappa shape index (κ1) is 14.4. The number of imidazole rings is 1. The monoisotopic (exact) mass is 304 g/mol. The number of ether oxygens (including phenoxy) is 2. The van der Waals surface area contributed by atoms with Crippen molar-refractivity contribution in [1.82, 2.24) is 19.5 Å². The maximum absolute atomic E-state index is 11.3. The van der Waals surface area contributed by atoms with Crippen LogP contribution >= 0.6 is 0 Å². The minimum atomic E-state index is -0.360. The molecule has 1 aliphatic carbocycles. The number of fused-ring (bicyclic) bond motifs is 1. The van der Waals surface area contributed by atoms with Crippen molar-refractivity contribution in [3.63, 3.8) is 0 Å². The van der Waals surface area contributed by atoms with E-state index < -0.39 is 0 Å². The fraction of sp³-hybridized carbons (Fsp3) is 0.500. The maximum Gasteiger partial charge on any atom is 0.302 e. The standard InChI is InChI=1S/C14H16N4O4/c1-8(19)21-5-10-3-12(13(10)22-9(2)20)18-7-17-11-4-15-6-16-14(11)18/h4,6-7,10,12-13H,3,5H2,1-2H3/t10-,12-,13-/m1/s1. The molecule has 3 rings (SSSR count). The molecule has 3 atom stereocenters. The number of nitrogens with zero attached hydrogens (tertiary/aromatic N) is 4. The third kappa shape index (κ3) is 2.63. The Morgan fingerprint density at radius 2 is 2.14 bits per heavy atom. The van der Waals surface area contributed by atoms with Crippen molar-refractivity contribution in [3.05, 3.63) is 18.9 Å². The molecule has 0 radical (unpaired) electrons. The Kier molecular flexibility index (Phi) is 3.74. The SMILES string of the molecule is CC(=O)OC[C@H]1C[C@@H](n2cnc3cncnc32)[C@@H]1OC(C)=O. The van der Waals surface area contributed by atoms with Crippen LogP contribution in [0.3, 0.4) is 0 Å². The van der Waals surface area contributed by atoms with Crippen LogP contribution in [-0.4, -0.2) is 44.2 Å². The van der Waals surface area contributed by atoms with Crippen LogP contribution in [0.2, 0.25) is 0 Å². The van der Waals surface area contributed by atoms with E-state index in [4.69, 9.17) is 9.47 Å². The van der Waals surface area contributed by atoms with E-state index in [9.17, 15) is 9.59 Å². The van der Waals surface area contributed by atoms with Crippen molar-refractivity contribution in [3.8, 4) is 0 Å². The highest BCUT2D eigenvalue weighted by molar-refractivity contribution is 5.69. The van der Waals surface area contributed by atoms with Gasteiger partial charge in [0.05, 0.1) is 25.2 Å². The summed E-state index contributed by atoms with van der Waals surface area (Å²) in [6, 6.07) is -0.0654. The van der Waals surface area contributed by atoms with E-state index in [0.29, 0.717) is 11.2 Å². The van der Waals surface area contributed by atoms with Gasteiger partial charge < -0.3 is 14.0 Å². The molecule has 2 aromatic rings. The highest BCUT2D eigenvalue weighted by atomic mass is 16.6. The molecule has 0 saturated heterocycles. The number of aromatic nitrogens is 4. The molecule has 0 aromatic carbocycles. The first-order valence-electron chi connectivity index (χ1n) is 6.99. The Hall–Kier alpha value is -2.51. The molecule has 0 N–H and O–H groups in total. The molecule has 22 heavy (non-hydrogen) atoms. The summed E-state index contributed by atoms with van der Waals surface area (Å²) in [7, 11) is 0. The number of carbonyl (C=O) groups excluding carboxylic acids is 2. The Morgan fingerprint density at radius 3 is 2.86 bits per heavy atom. The van der Waals surface area contributed by atoms with Crippen LogP contribution < -0.4 is 0 Å². The molecule has 116 valence electrons. The van der Waals surface area contributed by atoms with Gasteiger partial charge in [0, 0.05) is 19.8 Å². The minimum Gasteiger partial charge on any atom is -0.465 e. The second-order valence-electron chi connectivity index (χ2n) is 5.32. The van der Waals surface area contributed by atoms with Crippen LogP contribution in [0.25, 0.3) is 11.2 Å². The van der Waals surface area contributed by atoms with Crippen molar-refractivity contribution in [2.45, 2.75) is 32.4 Å². The zero-order chi connectivity index (χ0) is 15.7. The summed E-state index contributed by atoms with van der Waals surface area (Å²) in [6.45, 7) is 2.97. The number of hydrogen-bond acceptors (Lipinski definition) is 7. The predicted molar refractivity (Wildman–Crippen MR) is 74.7 cm³/mol. The molecule has 1 aliphatic rings. The number of esters is 2. The second-order valence-corrected chi connectivity index (χ2v) is 5.32. The zero-order valence-electron chi connectivity index (χ0n) is 12.3. The lowest BCUT2D eigenvalue weighted by molar-refractivity contribution is -0.168. The van der Waals surface area contributed by atoms with E-state index in [-0.39, 0.29) is 36.6 Å². The fourth-order valence-electron chi connectivity index (χ4n) is 2.75. The van der Waals surface area contributed by atoms with Gasteiger partial charge in [-0.1, -0.05) is 0 Å².